The molecule has 0 aromatic heterocycles. The van der Waals surface area contributed by atoms with E-state index in [0.29, 0.717) is 0 Å². The molecule has 1 N–H and O–H groups in total. The summed E-state index contributed by atoms with van der Waals surface area (Å²) in [6.45, 7) is 0. The molecule has 0 aliphatic heterocycles. The summed E-state index contributed by atoms with van der Waals surface area (Å²) in [6.07, 6.45) is -5.08. The summed E-state index contributed by atoms with van der Waals surface area (Å²) in [5.74, 6) is -2.76. The molecule has 9 heavy (non-hydrogen) atoms. The van der Waals surface area contributed by atoms with Gasteiger partial charge in [0.25, 0.3) is 0 Å². The first-order valence-electron chi connectivity index (χ1n) is 1.24. The van der Waals surface area contributed by atoms with E-state index >= 15 is 0 Å². The Morgan fingerprint density at radius 2 is 1.44 bits per heavy atom. The van der Waals surface area contributed by atoms with E-state index in [4.69, 9.17) is 9.90 Å². The van der Waals surface area contributed by atoms with Gasteiger partial charge in [-0.05, 0) is 0 Å². The third kappa shape index (κ3) is 8.07. The molecule has 0 aromatic carbocycles. The average molecular weight is 214 g/mol. The van der Waals surface area contributed by atoms with Gasteiger partial charge in [-0.2, -0.15) is 13.2 Å². The number of carboxylic acids is 1. The van der Waals surface area contributed by atoms with Crippen LogP contribution in [-0.4, -0.2) is 17.3 Å². The smallest absolute Gasteiger partial charge is 0.475 e. The molecule has 0 aromatic rings. The van der Waals surface area contributed by atoms with E-state index in [1.54, 1.807) is 0 Å². The molecule has 0 atom stereocenters. The van der Waals surface area contributed by atoms with Crippen LogP contribution in [0.3, 0.4) is 0 Å². The molecule has 0 amide bonds. The Morgan fingerprint density at radius 1 is 1.33 bits per heavy atom. The second-order valence-corrected chi connectivity index (χ2v) is 0.803. The molecule has 0 saturated carbocycles. The minimum absolute atomic E-state index is 0. The van der Waals surface area contributed by atoms with Gasteiger partial charge < -0.3 is 5.11 Å². The number of aliphatic carboxylic acids is 1. The topological polar surface area (TPSA) is 37.3 Å². The van der Waals surface area contributed by atoms with Gasteiger partial charge >= 0.3 is 12.1 Å². The van der Waals surface area contributed by atoms with Crippen molar-refractivity contribution in [2.45, 2.75) is 6.18 Å². The van der Waals surface area contributed by atoms with Crippen molar-refractivity contribution in [1.29, 1.82) is 0 Å². The first-order chi connectivity index (χ1) is 2.94. The largest absolute Gasteiger partial charge is 0.490 e. The van der Waals surface area contributed by atoms with Gasteiger partial charge in [-0.15, -0.1) is 12.4 Å². The second-order valence-electron chi connectivity index (χ2n) is 0.803. The first kappa shape index (κ1) is 16.0. The van der Waals surface area contributed by atoms with Crippen LogP contribution in [0.2, 0.25) is 0 Å². The zero-order valence-electron chi connectivity index (χ0n) is 3.70. The summed E-state index contributed by atoms with van der Waals surface area (Å²) in [7, 11) is 0. The van der Waals surface area contributed by atoms with Crippen molar-refractivity contribution in [3.63, 3.8) is 0 Å². The predicted molar refractivity (Wildman–Crippen MR) is 20.9 cm³/mol. The van der Waals surface area contributed by atoms with Crippen LogP contribution in [0.15, 0.2) is 0 Å². The average Bonchev–Trinajstić information content (AvgIpc) is 1.31. The molecule has 0 aliphatic carbocycles. The molecule has 0 bridgehead atoms. The quantitative estimate of drug-likeness (QED) is 0.612. The van der Waals surface area contributed by atoms with Crippen LogP contribution in [0.4, 0.5) is 13.2 Å². The zero-order valence-corrected chi connectivity index (χ0v) is 5.46. The molecule has 1 radical (unpaired) electrons. The summed E-state index contributed by atoms with van der Waals surface area (Å²) in [4.78, 5) is 8.90. The minimum atomic E-state index is -5.08. The molecule has 0 fully saturated rings. The number of halogens is 4. The molecule has 0 aliphatic rings. The molecule has 0 rings (SSSR count). The fraction of sp³-hybridized carbons (Fsp3) is 0.500. The molecule has 2 nitrogen and oxygen atoms in total. The Hall–Kier alpha value is 0.0695. The van der Waals surface area contributed by atoms with Gasteiger partial charge in [0.05, 0.1) is 0 Å². The monoisotopic (exact) mass is 213 g/mol. The van der Waals surface area contributed by atoms with Gasteiger partial charge in [-0.1, -0.05) is 0 Å². The Labute approximate surface area is 65.3 Å². The summed E-state index contributed by atoms with van der Waals surface area (Å²) < 4.78 is 31.7. The number of hydrogen-bond donors (Lipinski definition) is 1. The second kappa shape index (κ2) is 4.90. The van der Waals surface area contributed by atoms with Crippen molar-refractivity contribution in [2.75, 3.05) is 0 Å². The number of rotatable bonds is 0. The maximum absolute atomic E-state index is 10.6. The Bertz CT molecular complexity index is 92.3. The fourth-order valence-corrected chi connectivity index (χ4v) is 0. The number of carbonyl (C=O) groups is 1. The van der Waals surface area contributed by atoms with Crippen molar-refractivity contribution in [2.24, 2.45) is 0 Å². The molecule has 0 heterocycles. The fourth-order valence-electron chi connectivity index (χ4n) is 0. The van der Waals surface area contributed by atoms with E-state index in [1.807, 2.05) is 0 Å². The van der Waals surface area contributed by atoms with E-state index in [0.717, 1.165) is 0 Å². The standard InChI is InChI=1S/C2HF3O2.ClH.Cu/c3-2(4,5)1(6)7;;/h(H,6,7);1H;. The predicted octanol–water partition coefficient (Wildman–Crippen LogP) is 1.05. The van der Waals surface area contributed by atoms with E-state index in [1.165, 1.54) is 0 Å². The summed E-state index contributed by atoms with van der Waals surface area (Å²) in [5.41, 5.74) is 0. The maximum Gasteiger partial charge on any atom is 0.490 e. The number of alkyl halides is 3. The summed E-state index contributed by atoms with van der Waals surface area (Å²) >= 11 is 0. The summed E-state index contributed by atoms with van der Waals surface area (Å²) in [6, 6.07) is 0. The Morgan fingerprint density at radius 3 is 1.44 bits per heavy atom. The van der Waals surface area contributed by atoms with E-state index in [-0.39, 0.29) is 29.5 Å². The molecule has 61 valence electrons. The normalized spacial score (nSPS) is 8.78. The van der Waals surface area contributed by atoms with Crippen molar-refractivity contribution in [1.82, 2.24) is 0 Å². The van der Waals surface area contributed by atoms with Crippen molar-refractivity contribution in [3.8, 4) is 0 Å². The third-order valence-electron chi connectivity index (χ3n) is 0.243. The van der Waals surface area contributed by atoms with E-state index in [9.17, 15) is 13.2 Å². The Balaban J connectivity index is -0.000000180. The Kier molecular flexibility index (Phi) is 8.73. The van der Waals surface area contributed by atoms with Crippen LogP contribution in [0, 0.1) is 0 Å². The number of hydrogen-bond acceptors (Lipinski definition) is 1. The van der Waals surface area contributed by atoms with E-state index < -0.39 is 12.1 Å². The first-order valence-corrected chi connectivity index (χ1v) is 1.24. The SMILES string of the molecule is Cl.O=C(O)C(F)(F)F.[Cu]. The molecular formula is C2H2ClCuF3O2. The van der Waals surface area contributed by atoms with Gasteiger partial charge in [0.2, 0.25) is 0 Å². The van der Waals surface area contributed by atoms with Crippen molar-refractivity contribution < 1.29 is 40.1 Å². The van der Waals surface area contributed by atoms with Crippen LogP contribution in [-0.2, 0) is 21.9 Å². The van der Waals surface area contributed by atoms with Crippen LogP contribution in [0.1, 0.15) is 0 Å². The van der Waals surface area contributed by atoms with Gasteiger partial charge in [-0.25, -0.2) is 4.79 Å². The molecular weight excluding hydrogens is 212 g/mol. The van der Waals surface area contributed by atoms with Crippen molar-refractivity contribution in [3.05, 3.63) is 0 Å². The molecule has 0 unspecified atom stereocenters. The van der Waals surface area contributed by atoms with Crippen LogP contribution in [0.5, 0.6) is 0 Å². The van der Waals surface area contributed by atoms with Gasteiger partial charge in [0.15, 0.2) is 0 Å². The van der Waals surface area contributed by atoms with Gasteiger partial charge in [0, 0.05) is 17.1 Å². The molecule has 7 heteroatoms. The van der Waals surface area contributed by atoms with Crippen LogP contribution >= 0.6 is 12.4 Å². The minimum Gasteiger partial charge on any atom is -0.475 e. The van der Waals surface area contributed by atoms with E-state index in [2.05, 4.69) is 0 Å². The molecule has 0 saturated heterocycles. The summed E-state index contributed by atoms with van der Waals surface area (Å²) in [5, 5.41) is 7.12. The van der Waals surface area contributed by atoms with Crippen molar-refractivity contribution >= 4 is 18.4 Å². The van der Waals surface area contributed by atoms with Gasteiger partial charge in [-0.3, -0.25) is 0 Å². The van der Waals surface area contributed by atoms with Gasteiger partial charge in [0.1, 0.15) is 0 Å². The van der Waals surface area contributed by atoms with Crippen LogP contribution < -0.4 is 0 Å². The van der Waals surface area contributed by atoms with Crippen LogP contribution in [0.25, 0.3) is 0 Å². The molecule has 0 spiro atoms. The number of carboxylic acid groups (broad SMARTS) is 1. The third-order valence-corrected chi connectivity index (χ3v) is 0.243. The maximum atomic E-state index is 10.6. The zero-order chi connectivity index (χ0) is 6.08.